The number of benzene rings is 1. The van der Waals surface area contributed by atoms with E-state index < -0.39 is 0 Å². The summed E-state index contributed by atoms with van der Waals surface area (Å²) in [6.45, 7) is 4.89. The lowest BCUT2D eigenvalue weighted by Gasteiger charge is -2.59. The maximum atomic E-state index is 13.3. The number of ketones is 1. The number of hydrogen-bond acceptors (Lipinski definition) is 3. The molecule has 6 rings (SSSR count). The van der Waals surface area contributed by atoms with Crippen LogP contribution in [0.1, 0.15) is 70.8 Å². The highest BCUT2D eigenvalue weighted by Gasteiger charge is 2.76. The van der Waals surface area contributed by atoms with Crippen molar-refractivity contribution in [2.75, 3.05) is 0 Å². The van der Waals surface area contributed by atoms with Gasteiger partial charge in [0, 0.05) is 17.8 Å². The first-order valence-electron chi connectivity index (χ1n) is 12.5. The highest BCUT2D eigenvalue weighted by Crippen LogP contribution is 2.73. The van der Waals surface area contributed by atoms with E-state index in [4.69, 9.17) is 4.74 Å². The fraction of sp³-hybridized carbons (Fsp3) is 0.679. The summed E-state index contributed by atoms with van der Waals surface area (Å²) in [5, 5.41) is 10.3. The van der Waals surface area contributed by atoms with E-state index in [2.05, 4.69) is 26.0 Å². The molecule has 1 aromatic rings. The van der Waals surface area contributed by atoms with E-state index in [-0.39, 0.29) is 28.5 Å². The molecular formula is C28H36O3. The second-order valence-electron chi connectivity index (χ2n) is 11.7. The zero-order valence-electron chi connectivity index (χ0n) is 18.9. The molecule has 166 valence electrons. The van der Waals surface area contributed by atoms with Crippen LogP contribution in [0.4, 0.5) is 0 Å². The molecule has 1 aromatic carbocycles. The standard InChI is InChI=1S/C28H36O3/c1-26-14-13-22-20(16-25-28(31-25)17-19(29)12-15-27(22,28)2)21(26)9-10-23(26)24(30)11-8-18-6-4-3-5-7-18/h3-8,11,19-23,25,29H,9-10,12-17H2,1-2H3/b11-8+/t19-,20-,21-,22-,23+,25-,26-,27+,28-/m0/s1. The molecule has 1 N–H and O–H groups in total. The van der Waals surface area contributed by atoms with Crippen LogP contribution in [0.2, 0.25) is 0 Å². The molecule has 5 fully saturated rings. The maximum Gasteiger partial charge on any atom is 0.159 e. The summed E-state index contributed by atoms with van der Waals surface area (Å²) in [5.74, 6) is 2.48. The van der Waals surface area contributed by atoms with Gasteiger partial charge in [-0.05, 0) is 79.8 Å². The predicted molar refractivity (Wildman–Crippen MR) is 121 cm³/mol. The SMILES string of the molecule is C[C@]12CC[C@H]3[C@@H](C[C@@H]4O[C@@]45C[C@@H](O)CC[C@]35C)[C@@H]1CC[C@@H]2C(=O)/C=C/c1ccccc1. The van der Waals surface area contributed by atoms with Gasteiger partial charge in [0.25, 0.3) is 0 Å². The third-order valence-corrected chi connectivity index (χ3v) is 10.6. The van der Waals surface area contributed by atoms with E-state index in [1.54, 1.807) is 0 Å². The molecule has 4 aliphatic carbocycles. The number of ether oxygens (including phenoxy) is 1. The van der Waals surface area contributed by atoms with E-state index in [1.165, 1.54) is 12.8 Å². The van der Waals surface area contributed by atoms with E-state index in [0.717, 1.165) is 44.1 Å². The van der Waals surface area contributed by atoms with Gasteiger partial charge in [-0.3, -0.25) is 4.79 Å². The molecule has 0 aromatic heterocycles. The topological polar surface area (TPSA) is 49.8 Å². The van der Waals surface area contributed by atoms with Crippen molar-refractivity contribution >= 4 is 11.9 Å². The third-order valence-electron chi connectivity index (χ3n) is 10.6. The van der Waals surface area contributed by atoms with Gasteiger partial charge in [0.15, 0.2) is 5.78 Å². The number of rotatable bonds is 3. The van der Waals surface area contributed by atoms with Crippen LogP contribution in [-0.2, 0) is 9.53 Å². The molecule has 1 saturated heterocycles. The molecule has 31 heavy (non-hydrogen) atoms. The number of hydrogen-bond donors (Lipinski definition) is 1. The first-order valence-corrected chi connectivity index (χ1v) is 12.5. The van der Waals surface area contributed by atoms with Gasteiger partial charge in [-0.1, -0.05) is 50.3 Å². The third kappa shape index (κ3) is 2.75. The molecule has 1 heterocycles. The summed E-state index contributed by atoms with van der Waals surface area (Å²) >= 11 is 0. The fourth-order valence-corrected chi connectivity index (χ4v) is 8.98. The summed E-state index contributed by atoms with van der Waals surface area (Å²) in [6.07, 6.45) is 12.6. The number of fused-ring (bicyclic) bond motifs is 4. The average molecular weight is 421 g/mol. The molecule has 0 bridgehead atoms. The highest BCUT2D eigenvalue weighted by atomic mass is 16.6. The lowest BCUT2D eigenvalue weighted by Crippen LogP contribution is -2.58. The summed E-state index contributed by atoms with van der Waals surface area (Å²) in [6, 6.07) is 10.2. The second kappa shape index (κ2) is 6.78. The summed E-state index contributed by atoms with van der Waals surface area (Å²) in [4.78, 5) is 13.3. The molecule has 9 atom stereocenters. The van der Waals surface area contributed by atoms with Crippen molar-refractivity contribution in [2.24, 2.45) is 34.5 Å². The van der Waals surface area contributed by atoms with Crippen molar-refractivity contribution in [2.45, 2.75) is 83.0 Å². The smallest absolute Gasteiger partial charge is 0.159 e. The maximum absolute atomic E-state index is 13.3. The van der Waals surface area contributed by atoms with Crippen LogP contribution >= 0.6 is 0 Å². The molecule has 1 aliphatic heterocycles. The quantitative estimate of drug-likeness (QED) is 0.525. The Hall–Kier alpha value is -1.45. The largest absolute Gasteiger partial charge is 0.393 e. The molecular weight excluding hydrogens is 384 g/mol. The number of epoxide rings is 1. The van der Waals surface area contributed by atoms with Crippen LogP contribution in [0.15, 0.2) is 36.4 Å². The van der Waals surface area contributed by atoms with Gasteiger partial charge in [0.1, 0.15) is 5.60 Å². The van der Waals surface area contributed by atoms with Gasteiger partial charge in [0.2, 0.25) is 0 Å². The monoisotopic (exact) mass is 420 g/mol. The van der Waals surface area contributed by atoms with E-state index in [0.29, 0.717) is 29.6 Å². The normalized spacial score (nSPS) is 50.3. The van der Waals surface area contributed by atoms with Crippen LogP contribution in [0.25, 0.3) is 6.08 Å². The van der Waals surface area contributed by atoms with Crippen LogP contribution < -0.4 is 0 Å². The summed E-state index contributed by atoms with van der Waals surface area (Å²) in [7, 11) is 0. The number of allylic oxidation sites excluding steroid dienone is 1. The number of aliphatic hydroxyl groups is 1. The van der Waals surface area contributed by atoms with Crippen molar-refractivity contribution in [3.63, 3.8) is 0 Å². The van der Waals surface area contributed by atoms with E-state index in [9.17, 15) is 9.90 Å². The minimum Gasteiger partial charge on any atom is -0.393 e. The van der Waals surface area contributed by atoms with Gasteiger partial charge in [-0.15, -0.1) is 0 Å². The second-order valence-corrected chi connectivity index (χ2v) is 11.7. The Balaban J connectivity index is 1.24. The van der Waals surface area contributed by atoms with Gasteiger partial charge in [-0.2, -0.15) is 0 Å². The van der Waals surface area contributed by atoms with Crippen molar-refractivity contribution in [3.8, 4) is 0 Å². The Morgan fingerprint density at radius 2 is 1.87 bits per heavy atom. The molecule has 3 nitrogen and oxygen atoms in total. The summed E-state index contributed by atoms with van der Waals surface area (Å²) in [5.41, 5.74) is 1.38. The molecule has 1 spiro atoms. The van der Waals surface area contributed by atoms with Gasteiger partial charge < -0.3 is 9.84 Å². The Morgan fingerprint density at radius 1 is 1.06 bits per heavy atom. The Kier molecular flexibility index (Phi) is 4.41. The van der Waals surface area contributed by atoms with Crippen LogP contribution in [0.5, 0.6) is 0 Å². The van der Waals surface area contributed by atoms with Crippen LogP contribution in [-0.4, -0.2) is 28.7 Å². The minimum absolute atomic E-state index is 0.0498. The zero-order chi connectivity index (χ0) is 21.4. The summed E-state index contributed by atoms with van der Waals surface area (Å²) < 4.78 is 6.44. The fourth-order valence-electron chi connectivity index (χ4n) is 8.98. The van der Waals surface area contributed by atoms with Gasteiger partial charge >= 0.3 is 0 Å². The lowest BCUT2D eigenvalue weighted by atomic mass is 9.44. The number of aliphatic hydroxyl groups excluding tert-OH is 1. The molecule has 0 amide bonds. The molecule has 0 unspecified atom stereocenters. The Labute approximate surface area is 186 Å². The number of carbonyl (C=O) groups is 1. The number of carbonyl (C=O) groups excluding carboxylic acids is 1. The first kappa shape index (κ1) is 20.2. The van der Waals surface area contributed by atoms with Gasteiger partial charge in [0.05, 0.1) is 12.2 Å². The zero-order valence-corrected chi connectivity index (χ0v) is 18.9. The molecule has 5 aliphatic rings. The van der Waals surface area contributed by atoms with Crippen molar-refractivity contribution in [1.82, 2.24) is 0 Å². The van der Waals surface area contributed by atoms with Gasteiger partial charge in [-0.25, -0.2) is 0 Å². The van der Waals surface area contributed by atoms with Crippen LogP contribution in [0, 0.1) is 34.5 Å². The first-order chi connectivity index (χ1) is 14.9. The molecule has 4 saturated carbocycles. The predicted octanol–water partition coefficient (Wildman–Crippen LogP) is 5.42. The Morgan fingerprint density at radius 3 is 2.68 bits per heavy atom. The Bertz CT molecular complexity index is 908. The highest BCUT2D eigenvalue weighted by molar-refractivity contribution is 5.96. The van der Waals surface area contributed by atoms with E-state index >= 15 is 0 Å². The minimum atomic E-state index is -0.187. The van der Waals surface area contributed by atoms with Crippen molar-refractivity contribution < 1.29 is 14.6 Å². The molecule has 3 heteroatoms. The molecule has 0 radical (unpaired) electrons. The van der Waals surface area contributed by atoms with E-state index in [1.807, 2.05) is 30.4 Å². The lowest BCUT2D eigenvalue weighted by molar-refractivity contribution is -0.131. The average Bonchev–Trinajstić information content (AvgIpc) is 3.34. The van der Waals surface area contributed by atoms with Crippen molar-refractivity contribution in [1.29, 1.82) is 0 Å². The van der Waals surface area contributed by atoms with Crippen molar-refractivity contribution in [3.05, 3.63) is 42.0 Å². The van der Waals surface area contributed by atoms with Crippen LogP contribution in [0.3, 0.4) is 0 Å².